The molecule has 0 saturated heterocycles. The van der Waals surface area contributed by atoms with Gasteiger partial charge < -0.3 is 24.4 Å². The maximum absolute atomic E-state index is 12.8. The molecule has 32 heavy (non-hydrogen) atoms. The third-order valence-corrected chi connectivity index (χ3v) is 5.56. The molecule has 7 nitrogen and oxygen atoms in total. The standard InChI is InChI=1S/C24H21BrN2O5/c1-30-19-9-16(10-20(12-19)31-2)24(29)26-18-7-8-22-21(11-18)27(23(28)14-32-22)13-15-3-5-17(25)6-4-15/h3-12H,13-14H2,1-2H3,(H,26,29). The van der Waals surface area contributed by atoms with Gasteiger partial charge in [0.15, 0.2) is 6.61 Å². The molecule has 1 aliphatic heterocycles. The number of fused-ring (bicyclic) bond motifs is 1. The van der Waals surface area contributed by atoms with Gasteiger partial charge in [-0.3, -0.25) is 9.59 Å². The van der Waals surface area contributed by atoms with Gasteiger partial charge in [-0.1, -0.05) is 28.1 Å². The zero-order valence-electron chi connectivity index (χ0n) is 17.6. The molecule has 0 radical (unpaired) electrons. The van der Waals surface area contributed by atoms with Crippen molar-refractivity contribution in [2.75, 3.05) is 31.0 Å². The van der Waals surface area contributed by atoms with E-state index in [1.807, 2.05) is 24.3 Å². The third kappa shape index (κ3) is 4.70. The normalized spacial score (nSPS) is 12.6. The summed E-state index contributed by atoms with van der Waals surface area (Å²) in [4.78, 5) is 27.1. The van der Waals surface area contributed by atoms with Crippen molar-refractivity contribution in [2.45, 2.75) is 6.54 Å². The zero-order chi connectivity index (χ0) is 22.7. The van der Waals surface area contributed by atoms with Crippen LogP contribution in [0.15, 0.2) is 65.1 Å². The van der Waals surface area contributed by atoms with Crippen LogP contribution in [0.25, 0.3) is 0 Å². The highest BCUT2D eigenvalue weighted by Crippen LogP contribution is 2.36. The molecule has 0 unspecified atom stereocenters. The Labute approximate surface area is 194 Å². The van der Waals surface area contributed by atoms with Crippen LogP contribution in [0, 0.1) is 0 Å². The average molecular weight is 497 g/mol. The van der Waals surface area contributed by atoms with E-state index in [9.17, 15) is 9.59 Å². The molecule has 0 bridgehead atoms. The van der Waals surface area contributed by atoms with E-state index in [4.69, 9.17) is 14.2 Å². The summed E-state index contributed by atoms with van der Waals surface area (Å²) in [6.45, 7) is 0.367. The second kappa shape index (κ2) is 9.32. The number of hydrogen-bond acceptors (Lipinski definition) is 5. The van der Waals surface area contributed by atoms with Gasteiger partial charge in [0.05, 0.1) is 26.5 Å². The molecule has 0 fully saturated rings. The second-order valence-electron chi connectivity index (χ2n) is 7.13. The number of methoxy groups -OCH3 is 2. The first-order valence-corrected chi connectivity index (χ1v) is 10.6. The van der Waals surface area contributed by atoms with Crippen molar-refractivity contribution in [2.24, 2.45) is 0 Å². The second-order valence-corrected chi connectivity index (χ2v) is 8.05. The quantitative estimate of drug-likeness (QED) is 0.537. The lowest BCUT2D eigenvalue weighted by atomic mass is 10.1. The molecule has 4 rings (SSSR count). The maximum atomic E-state index is 12.8. The number of carbonyl (C=O) groups excluding carboxylic acids is 2. The van der Waals surface area contributed by atoms with E-state index in [2.05, 4.69) is 21.2 Å². The molecule has 0 saturated carbocycles. The number of benzene rings is 3. The minimum absolute atomic E-state index is 0.0289. The van der Waals surface area contributed by atoms with Crippen molar-refractivity contribution in [3.63, 3.8) is 0 Å². The summed E-state index contributed by atoms with van der Waals surface area (Å²) in [5.41, 5.74) is 2.50. The summed E-state index contributed by atoms with van der Waals surface area (Å²) < 4.78 is 17.0. The summed E-state index contributed by atoms with van der Waals surface area (Å²) in [5.74, 6) is 1.13. The van der Waals surface area contributed by atoms with Gasteiger partial charge in [0.1, 0.15) is 17.2 Å². The Morgan fingerprint density at radius 3 is 2.38 bits per heavy atom. The highest BCUT2D eigenvalue weighted by molar-refractivity contribution is 9.10. The van der Waals surface area contributed by atoms with Crippen molar-refractivity contribution in [1.29, 1.82) is 0 Å². The van der Waals surface area contributed by atoms with Crippen molar-refractivity contribution < 1.29 is 23.8 Å². The largest absolute Gasteiger partial charge is 0.497 e. The number of carbonyl (C=O) groups is 2. The summed E-state index contributed by atoms with van der Waals surface area (Å²) in [6, 6.07) is 17.9. The highest BCUT2D eigenvalue weighted by Gasteiger charge is 2.26. The number of nitrogens with zero attached hydrogens (tertiary/aromatic N) is 1. The first-order valence-electron chi connectivity index (χ1n) is 9.83. The topological polar surface area (TPSA) is 77.1 Å². The van der Waals surface area contributed by atoms with Crippen LogP contribution >= 0.6 is 15.9 Å². The molecule has 3 aromatic carbocycles. The number of hydrogen-bond donors (Lipinski definition) is 1. The molecule has 164 valence electrons. The Morgan fingerprint density at radius 2 is 1.72 bits per heavy atom. The van der Waals surface area contributed by atoms with Gasteiger partial charge >= 0.3 is 0 Å². The van der Waals surface area contributed by atoms with E-state index in [1.54, 1.807) is 41.3 Å². The fourth-order valence-electron chi connectivity index (χ4n) is 3.37. The van der Waals surface area contributed by atoms with E-state index >= 15 is 0 Å². The van der Waals surface area contributed by atoms with E-state index in [0.717, 1.165) is 10.0 Å². The van der Waals surface area contributed by atoms with Crippen molar-refractivity contribution >= 4 is 39.1 Å². The van der Waals surface area contributed by atoms with Gasteiger partial charge in [0.2, 0.25) is 0 Å². The van der Waals surface area contributed by atoms with Crippen LogP contribution in [0.4, 0.5) is 11.4 Å². The number of ether oxygens (including phenoxy) is 3. The molecule has 2 amide bonds. The Morgan fingerprint density at radius 1 is 1.03 bits per heavy atom. The van der Waals surface area contributed by atoms with Crippen LogP contribution in [-0.4, -0.2) is 32.6 Å². The molecular weight excluding hydrogens is 476 g/mol. The van der Waals surface area contributed by atoms with E-state index < -0.39 is 0 Å². The molecule has 1 aliphatic rings. The monoisotopic (exact) mass is 496 g/mol. The van der Waals surface area contributed by atoms with E-state index in [-0.39, 0.29) is 18.4 Å². The number of anilines is 2. The summed E-state index contributed by atoms with van der Waals surface area (Å²) in [5, 5.41) is 2.87. The lowest BCUT2D eigenvalue weighted by Crippen LogP contribution is -2.38. The smallest absolute Gasteiger partial charge is 0.265 e. The average Bonchev–Trinajstić information content (AvgIpc) is 2.81. The van der Waals surface area contributed by atoms with Gasteiger partial charge in [-0.2, -0.15) is 0 Å². The van der Waals surface area contributed by atoms with Crippen LogP contribution in [0.1, 0.15) is 15.9 Å². The Kier molecular flexibility index (Phi) is 6.32. The fraction of sp³-hybridized carbons (Fsp3) is 0.167. The minimum atomic E-state index is -0.329. The molecule has 1 N–H and O–H groups in total. The summed E-state index contributed by atoms with van der Waals surface area (Å²) in [7, 11) is 3.05. The summed E-state index contributed by atoms with van der Waals surface area (Å²) >= 11 is 3.42. The van der Waals surface area contributed by atoms with Gasteiger partial charge in [0.25, 0.3) is 11.8 Å². The Hall–Kier alpha value is -3.52. The Balaban J connectivity index is 1.59. The summed E-state index contributed by atoms with van der Waals surface area (Å²) in [6.07, 6.45) is 0. The van der Waals surface area contributed by atoms with Crippen LogP contribution < -0.4 is 24.4 Å². The number of nitrogens with one attached hydrogen (secondary N) is 1. The molecular formula is C24H21BrN2O5. The van der Waals surface area contributed by atoms with Gasteiger partial charge in [-0.25, -0.2) is 0 Å². The molecule has 0 spiro atoms. The zero-order valence-corrected chi connectivity index (χ0v) is 19.1. The fourth-order valence-corrected chi connectivity index (χ4v) is 3.63. The molecule has 0 atom stereocenters. The molecule has 0 aromatic heterocycles. The van der Waals surface area contributed by atoms with Crippen molar-refractivity contribution in [3.05, 3.63) is 76.3 Å². The predicted octanol–water partition coefficient (Wildman–Crippen LogP) is 4.64. The highest BCUT2D eigenvalue weighted by atomic mass is 79.9. The predicted molar refractivity (Wildman–Crippen MR) is 125 cm³/mol. The van der Waals surface area contributed by atoms with Crippen molar-refractivity contribution in [3.8, 4) is 17.2 Å². The van der Waals surface area contributed by atoms with E-state index in [0.29, 0.717) is 40.7 Å². The lowest BCUT2D eigenvalue weighted by Gasteiger charge is -2.30. The first-order chi connectivity index (χ1) is 15.5. The van der Waals surface area contributed by atoms with Gasteiger partial charge in [-0.05, 0) is 48.0 Å². The molecule has 1 heterocycles. The van der Waals surface area contributed by atoms with Crippen LogP contribution in [0.2, 0.25) is 0 Å². The number of amides is 2. The number of rotatable bonds is 6. The molecule has 0 aliphatic carbocycles. The Bertz CT molecular complexity index is 1140. The lowest BCUT2D eigenvalue weighted by molar-refractivity contribution is -0.121. The van der Waals surface area contributed by atoms with Crippen LogP contribution in [0.5, 0.6) is 17.2 Å². The van der Waals surface area contributed by atoms with Gasteiger partial charge in [0, 0.05) is 21.8 Å². The molecule has 3 aromatic rings. The SMILES string of the molecule is COc1cc(OC)cc(C(=O)Nc2ccc3c(c2)N(Cc2ccc(Br)cc2)C(=O)CO3)c1. The van der Waals surface area contributed by atoms with Crippen molar-refractivity contribution in [1.82, 2.24) is 0 Å². The minimum Gasteiger partial charge on any atom is -0.497 e. The van der Waals surface area contributed by atoms with E-state index in [1.165, 1.54) is 14.2 Å². The number of halogens is 1. The van der Waals surface area contributed by atoms with Crippen LogP contribution in [0.3, 0.4) is 0 Å². The molecule has 8 heteroatoms. The third-order valence-electron chi connectivity index (χ3n) is 5.03. The first kappa shape index (κ1) is 21.7. The van der Waals surface area contributed by atoms with Crippen LogP contribution in [-0.2, 0) is 11.3 Å². The maximum Gasteiger partial charge on any atom is 0.265 e. The van der Waals surface area contributed by atoms with Gasteiger partial charge in [-0.15, -0.1) is 0 Å².